The first-order valence-electron chi connectivity index (χ1n) is 11.4. The third kappa shape index (κ3) is 5.19. The molecule has 4 unspecified atom stereocenters. The van der Waals surface area contributed by atoms with E-state index < -0.39 is 48.1 Å². The Morgan fingerprint density at radius 3 is 2.62 bits per heavy atom. The van der Waals surface area contributed by atoms with Crippen LogP contribution in [0.2, 0.25) is 0 Å². The lowest BCUT2D eigenvalue weighted by molar-refractivity contribution is -0.178. The number of carbonyl (C=O) groups excluding carboxylic acids is 5. The molecule has 3 heterocycles. The molecule has 34 heavy (non-hydrogen) atoms. The quantitative estimate of drug-likeness (QED) is 0.556. The van der Waals surface area contributed by atoms with Crippen molar-refractivity contribution in [3.8, 4) is 0 Å². The molecule has 0 aromatic heterocycles. The van der Waals surface area contributed by atoms with Gasteiger partial charge in [0, 0.05) is 19.9 Å². The third-order valence-corrected chi connectivity index (χ3v) is 6.09. The molecule has 3 saturated heterocycles. The van der Waals surface area contributed by atoms with Crippen LogP contribution in [-0.4, -0.2) is 70.6 Å². The number of hydrazine groups is 1. The Morgan fingerprint density at radius 1 is 1.12 bits per heavy atom. The third-order valence-electron chi connectivity index (χ3n) is 6.09. The monoisotopic (exact) mass is 472 g/mol. The van der Waals surface area contributed by atoms with Crippen LogP contribution in [0.15, 0.2) is 30.3 Å². The summed E-state index contributed by atoms with van der Waals surface area (Å²) in [5.74, 6) is -2.18. The van der Waals surface area contributed by atoms with Crippen LogP contribution < -0.4 is 10.6 Å². The van der Waals surface area contributed by atoms with E-state index >= 15 is 0 Å². The lowest BCUT2D eigenvalue weighted by atomic mass is 10.0. The minimum Gasteiger partial charge on any atom is -0.433 e. The normalized spacial score (nSPS) is 27.0. The molecule has 11 heteroatoms. The van der Waals surface area contributed by atoms with Crippen LogP contribution >= 0.6 is 0 Å². The second kappa shape index (κ2) is 10.2. The molecular formula is C23H28N4O7. The molecule has 11 nitrogen and oxygen atoms in total. The highest BCUT2D eigenvalue weighted by Crippen LogP contribution is 2.26. The minimum atomic E-state index is -0.968. The van der Waals surface area contributed by atoms with Crippen molar-refractivity contribution < 1.29 is 33.4 Å². The van der Waals surface area contributed by atoms with Gasteiger partial charge in [-0.1, -0.05) is 30.3 Å². The molecule has 3 aliphatic heterocycles. The molecule has 0 bridgehead atoms. The Kier molecular flexibility index (Phi) is 7.11. The largest absolute Gasteiger partial charge is 0.433 e. The Morgan fingerprint density at radius 2 is 1.88 bits per heavy atom. The highest BCUT2D eigenvalue weighted by atomic mass is 16.7. The van der Waals surface area contributed by atoms with Crippen molar-refractivity contribution in [2.75, 3.05) is 6.54 Å². The number of rotatable bonds is 6. The molecule has 1 aromatic rings. The smallest absolute Gasteiger partial charge is 0.310 e. The van der Waals surface area contributed by atoms with E-state index in [0.29, 0.717) is 19.4 Å². The molecule has 3 aliphatic rings. The van der Waals surface area contributed by atoms with Crippen LogP contribution in [0.25, 0.3) is 0 Å². The first-order valence-corrected chi connectivity index (χ1v) is 11.4. The molecule has 2 N–H and O–H groups in total. The molecule has 4 atom stereocenters. The Balaban J connectivity index is 1.47. The van der Waals surface area contributed by atoms with Crippen molar-refractivity contribution >= 4 is 29.6 Å². The Bertz CT molecular complexity index is 969. The van der Waals surface area contributed by atoms with Gasteiger partial charge in [-0.15, -0.1) is 0 Å². The second-order valence-corrected chi connectivity index (χ2v) is 8.62. The van der Waals surface area contributed by atoms with E-state index in [1.807, 2.05) is 30.3 Å². The fourth-order valence-corrected chi connectivity index (χ4v) is 4.49. The maximum Gasteiger partial charge on any atom is 0.310 e. The van der Waals surface area contributed by atoms with E-state index in [1.54, 1.807) is 0 Å². The van der Waals surface area contributed by atoms with Crippen LogP contribution in [-0.2, 0) is 40.1 Å². The van der Waals surface area contributed by atoms with Crippen molar-refractivity contribution in [2.45, 2.75) is 70.1 Å². The van der Waals surface area contributed by atoms with Gasteiger partial charge in [-0.2, -0.15) is 0 Å². The molecule has 0 spiro atoms. The van der Waals surface area contributed by atoms with E-state index in [4.69, 9.17) is 9.47 Å². The number of nitrogens with one attached hydrogen (secondary N) is 2. The zero-order valence-corrected chi connectivity index (χ0v) is 18.9. The number of cyclic esters (lactones) is 1. The Labute approximate surface area is 196 Å². The van der Waals surface area contributed by atoms with Gasteiger partial charge in [0.05, 0.1) is 13.0 Å². The number of nitrogens with zero attached hydrogens (tertiary/aromatic N) is 2. The molecule has 4 amide bonds. The van der Waals surface area contributed by atoms with Gasteiger partial charge in [0.1, 0.15) is 18.1 Å². The fraction of sp³-hybridized carbons (Fsp3) is 0.522. The summed E-state index contributed by atoms with van der Waals surface area (Å²) in [5.41, 5.74) is 0.885. The van der Waals surface area contributed by atoms with Crippen molar-refractivity contribution in [1.29, 1.82) is 0 Å². The lowest BCUT2D eigenvalue weighted by Crippen LogP contribution is -2.64. The second-order valence-electron chi connectivity index (χ2n) is 8.62. The highest BCUT2D eigenvalue weighted by Gasteiger charge is 2.46. The SMILES string of the molecule is CC(=O)NC1CCC(=O)N2CCCC(C(=O)NC3CC(=O)OC3OCc3ccccc3)N2C1=O. The van der Waals surface area contributed by atoms with Crippen LogP contribution in [0.4, 0.5) is 0 Å². The number of fused-ring (bicyclic) bond motifs is 1. The number of amides is 4. The van der Waals surface area contributed by atoms with Crippen molar-refractivity contribution in [1.82, 2.24) is 20.7 Å². The van der Waals surface area contributed by atoms with E-state index in [-0.39, 0.29) is 31.8 Å². The highest BCUT2D eigenvalue weighted by molar-refractivity contribution is 5.95. The van der Waals surface area contributed by atoms with Crippen LogP contribution in [0, 0.1) is 0 Å². The first-order chi connectivity index (χ1) is 16.3. The summed E-state index contributed by atoms with van der Waals surface area (Å²) in [7, 11) is 0. The fourth-order valence-electron chi connectivity index (χ4n) is 4.49. The van der Waals surface area contributed by atoms with Gasteiger partial charge in [0.25, 0.3) is 5.91 Å². The van der Waals surface area contributed by atoms with E-state index in [0.717, 1.165) is 5.56 Å². The maximum atomic E-state index is 13.3. The van der Waals surface area contributed by atoms with Gasteiger partial charge in [-0.05, 0) is 24.8 Å². The number of hydrogen-bond donors (Lipinski definition) is 2. The van der Waals surface area contributed by atoms with Crippen LogP contribution in [0.3, 0.4) is 0 Å². The average molecular weight is 472 g/mol. The summed E-state index contributed by atoms with van der Waals surface area (Å²) in [4.78, 5) is 62.7. The van der Waals surface area contributed by atoms with Gasteiger partial charge >= 0.3 is 5.97 Å². The first kappa shape index (κ1) is 23.7. The van der Waals surface area contributed by atoms with Gasteiger partial charge in [-0.3, -0.25) is 29.0 Å². The van der Waals surface area contributed by atoms with E-state index in [1.165, 1.54) is 16.9 Å². The van der Waals surface area contributed by atoms with Crippen molar-refractivity contribution in [2.24, 2.45) is 0 Å². The topological polar surface area (TPSA) is 134 Å². The molecule has 4 rings (SSSR count). The van der Waals surface area contributed by atoms with E-state index in [2.05, 4.69) is 10.6 Å². The van der Waals surface area contributed by atoms with Crippen molar-refractivity contribution in [3.05, 3.63) is 35.9 Å². The van der Waals surface area contributed by atoms with Crippen LogP contribution in [0.1, 0.15) is 44.6 Å². The summed E-state index contributed by atoms with van der Waals surface area (Å²) in [6.45, 7) is 1.81. The zero-order valence-electron chi connectivity index (χ0n) is 18.9. The molecule has 1 aromatic carbocycles. The predicted octanol–water partition coefficient (Wildman–Crippen LogP) is -0.00590. The molecule has 0 radical (unpaired) electrons. The summed E-state index contributed by atoms with van der Waals surface area (Å²) in [6.07, 6.45) is 0.0894. The summed E-state index contributed by atoms with van der Waals surface area (Å²) >= 11 is 0. The zero-order chi connectivity index (χ0) is 24.2. The van der Waals surface area contributed by atoms with Gasteiger partial charge < -0.3 is 20.1 Å². The summed E-state index contributed by atoms with van der Waals surface area (Å²) in [5, 5.41) is 7.83. The van der Waals surface area contributed by atoms with Gasteiger partial charge in [0.2, 0.25) is 24.0 Å². The maximum absolute atomic E-state index is 13.3. The number of ether oxygens (including phenoxy) is 2. The number of carbonyl (C=O) groups is 5. The standard InChI is InChI=1S/C23H28N4O7/c1-14(28)24-16-9-10-19(29)26-11-5-8-18(27(26)22(16)32)21(31)25-17-12-20(30)34-23(17)33-13-15-6-3-2-4-7-15/h2-4,6-7,16-18,23H,5,8-13H2,1H3,(H,24,28)(H,25,31). The number of hydrogen-bond acceptors (Lipinski definition) is 7. The van der Waals surface area contributed by atoms with Gasteiger partial charge in [-0.25, -0.2) is 5.01 Å². The molecule has 0 saturated carbocycles. The van der Waals surface area contributed by atoms with Crippen LogP contribution in [0.5, 0.6) is 0 Å². The molecule has 0 aliphatic carbocycles. The molecular weight excluding hydrogens is 444 g/mol. The minimum absolute atomic E-state index is 0.0664. The molecule has 182 valence electrons. The summed E-state index contributed by atoms with van der Waals surface area (Å²) in [6, 6.07) is 6.76. The molecule has 3 fully saturated rings. The number of benzene rings is 1. The predicted molar refractivity (Wildman–Crippen MR) is 116 cm³/mol. The number of esters is 1. The summed E-state index contributed by atoms with van der Waals surface area (Å²) < 4.78 is 11.0. The van der Waals surface area contributed by atoms with E-state index in [9.17, 15) is 24.0 Å². The van der Waals surface area contributed by atoms with Gasteiger partial charge in [0.15, 0.2) is 0 Å². The average Bonchev–Trinajstić information content (AvgIpc) is 3.12. The lowest BCUT2D eigenvalue weighted by Gasteiger charge is -2.43. The Hall–Kier alpha value is -3.47. The van der Waals surface area contributed by atoms with Crippen molar-refractivity contribution in [3.63, 3.8) is 0 Å².